The summed E-state index contributed by atoms with van der Waals surface area (Å²) in [5, 5.41) is 2.95. The number of rotatable bonds is 11. The van der Waals surface area contributed by atoms with E-state index in [2.05, 4.69) is 5.32 Å². The van der Waals surface area contributed by atoms with Gasteiger partial charge in [-0.05, 0) is 19.3 Å². The van der Waals surface area contributed by atoms with E-state index >= 15 is 0 Å². The number of hydrogen-bond donors (Lipinski definition) is 1. The van der Waals surface area contributed by atoms with Crippen LogP contribution in [0, 0.1) is 5.41 Å². The monoisotopic (exact) mass is 455 g/mol. The third-order valence-corrected chi connectivity index (χ3v) is 6.64. The number of thioether (sulfide) groups is 1. The quantitative estimate of drug-likeness (QED) is 0.348. The molecule has 2 rings (SSSR count). The van der Waals surface area contributed by atoms with Gasteiger partial charge in [-0.1, -0.05) is 13.8 Å². The molecular formula is C20H29N3O7S. The maximum Gasteiger partial charge on any atom is 0.333 e. The lowest BCUT2D eigenvalue weighted by Gasteiger charge is -2.36. The number of Topliss-reactive ketones (excluding diaryl/α,β-unsaturated/α-hetero) is 1. The highest BCUT2D eigenvalue weighted by Gasteiger charge is 2.46. The third kappa shape index (κ3) is 6.36. The highest BCUT2D eigenvalue weighted by Crippen LogP contribution is 2.35. The zero-order valence-electron chi connectivity index (χ0n) is 18.3. The zero-order valence-corrected chi connectivity index (χ0v) is 19.1. The molecule has 11 heteroatoms. The van der Waals surface area contributed by atoms with Gasteiger partial charge in [0.25, 0.3) is 11.8 Å². The molecule has 2 aliphatic heterocycles. The number of hydrogen-bond acceptors (Lipinski definition) is 9. The van der Waals surface area contributed by atoms with Gasteiger partial charge in [0.1, 0.15) is 5.78 Å². The zero-order chi connectivity index (χ0) is 23.3. The van der Waals surface area contributed by atoms with Crippen molar-refractivity contribution in [2.45, 2.75) is 64.7 Å². The van der Waals surface area contributed by atoms with E-state index in [1.807, 2.05) is 0 Å². The summed E-state index contributed by atoms with van der Waals surface area (Å²) >= 11 is 1.36. The Hall–Kier alpha value is -2.27. The summed E-state index contributed by atoms with van der Waals surface area (Å²) in [6.45, 7) is 7.43. The molecule has 0 bridgehead atoms. The first-order valence-electron chi connectivity index (χ1n) is 10.2. The van der Waals surface area contributed by atoms with Crippen molar-refractivity contribution < 1.29 is 33.6 Å². The number of ketones is 1. The number of nitrogens with one attached hydrogen (secondary N) is 1. The lowest BCUT2D eigenvalue weighted by Crippen LogP contribution is -2.48. The largest absolute Gasteiger partial charge is 0.333 e. The van der Waals surface area contributed by atoms with E-state index in [1.54, 1.807) is 20.8 Å². The third-order valence-electron chi connectivity index (χ3n) is 5.43. The average Bonchev–Trinajstić information content (AvgIpc) is 3.12. The number of carbonyl (C=O) groups excluding carboxylic acids is 6. The number of carbonyl (C=O) groups is 6. The van der Waals surface area contributed by atoms with Crippen LogP contribution in [-0.4, -0.2) is 75.5 Å². The smallest absolute Gasteiger partial charge is 0.330 e. The minimum absolute atomic E-state index is 0.00597. The highest BCUT2D eigenvalue weighted by atomic mass is 32.2. The number of likely N-dealkylation sites (tertiary alicyclic amines) is 1. The molecule has 0 saturated carbocycles. The van der Waals surface area contributed by atoms with Gasteiger partial charge in [-0.15, -0.1) is 16.8 Å². The molecule has 31 heavy (non-hydrogen) atoms. The van der Waals surface area contributed by atoms with Crippen molar-refractivity contribution in [2.75, 3.05) is 18.8 Å². The van der Waals surface area contributed by atoms with E-state index in [0.717, 1.165) is 0 Å². The van der Waals surface area contributed by atoms with Gasteiger partial charge >= 0.3 is 5.97 Å². The predicted molar refractivity (Wildman–Crippen MR) is 111 cm³/mol. The second kappa shape index (κ2) is 10.4. The molecule has 1 N–H and O–H groups in total. The van der Waals surface area contributed by atoms with Gasteiger partial charge in [0.05, 0.1) is 18.2 Å². The second-order valence-corrected chi connectivity index (χ2v) is 9.74. The van der Waals surface area contributed by atoms with Crippen molar-refractivity contribution in [3.05, 3.63) is 0 Å². The minimum atomic E-state index is -0.836. The molecule has 2 saturated heterocycles. The molecule has 0 aliphatic carbocycles. The topological polar surface area (TPSA) is 130 Å². The number of amides is 4. The molecule has 4 amide bonds. The molecule has 172 valence electrons. The second-order valence-electron chi connectivity index (χ2n) is 8.43. The number of imide groups is 2. The van der Waals surface area contributed by atoms with E-state index < -0.39 is 34.5 Å². The summed E-state index contributed by atoms with van der Waals surface area (Å²) in [6.07, 6.45) is -0.0923. The van der Waals surface area contributed by atoms with Gasteiger partial charge in [0, 0.05) is 37.6 Å². The van der Waals surface area contributed by atoms with Gasteiger partial charge in [0.2, 0.25) is 11.8 Å². The summed E-state index contributed by atoms with van der Waals surface area (Å²) in [7, 11) is 0. The standard InChI is InChI=1S/C20H29N3O7S/c1-12(24)11-21-7-8-31-14-9-17(27)22(19(14)29)13(2)20(3,4)10-18(28)30-23-15(25)5-6-16(23)26/h13-14,21H,5-11H2,1-4H3. The van der Waals surface area contributed by atoms with Crippen molar-refractivity contribution in [2.24, 2.45) is 5.41 Å². The Kier molecular flexibility index (Phi) is 8.35. The van der Waals surface area contributed by atoms with Crippen molar-refractivity contribution in [3.63, 3.8) is 0 Å². The molecule has 2 heterocycles. The van der Waals surface area contributed by atoms with Crippen LogP contribution in [0.25, 0.3) is 0 Å². The van der Waals surface area contributed by atoms with Crippen LogP contribution in [0.1, 0.15) is 53.4 Å². The average molecular weight is 456 g/mol. The van der Waals surface area contributed by atoms with Crippen LogP contribution in [0.4, 0.5) is 0 Å². The molecule has 10 nitrogen and oxygen atoms in total. The van der Waals surface area contributed by atoms with Gasteiger partial charge < -0.3 is 10.2 Å². The number of hydroxylamine groups is 2. The fourth-order valence-electron chi connectivity index (χ4n) is 3.36. The highest BCUT2D eigenvalue weighted by molar-refractivity contribution is 8.00. The summed E-state index contributed by atoms with van der Waals surface area (Å²) in [5.41, 5.74) is -0.836. The lowest BCUT2D eigenvalue weighted by molar-refractivity contribution is -0.199. The lowest BCUT2D eigenvalue weighted by atomic mass is 9.81. The summed E-state index contributed by atoms with van der Waals surface area (Å²) < 4.78 is 0. The van der Waals surface area contributed by atoms with Crippen molar-refractivity contribution in [3.8, 4) is 0 Å². The molecule has 0 aromatic rings. The Bertz CT molecular complexity index is 767. The molecule has 2 unspecified atom stereocenters. The van der Waals surface area contributed by atoms with Crippen LogP contribution in [0.5, 0.6) is 0 Å². The van der Waals surface area contributed by atoms with E-state index in [4.69, 9.17) is 4.84 Å². The van der Waals surface area contributed by atoms with E-state index in [1.165, 1.54) is 23.6 Å². The number of nitrogens with zero attached hydrogens (tertiary/aromatic N) is 2. The van der Waals surface area contributed by atoms with Gasteiger partial charge in [-0.3, -0.25) is 28.9 Å². The normalized spacial score (nSPS) is 20.6. The fraction of sp³-hybridized carbons (Fsp3) is 0.700. The van der Waals surface area contributed by atoms with Crippen LogP contribution in [0.2, 0.25) is 0 Å². The first kappa shape index (κ1) is 25.0. The first-order chi connectivity index (χ1) is 14.4. The van der Waals surface area contributed by atoms with E-state index in [9.17, 15) is 28.8 Å². The Balaban J connectivity index is 1.91. The SMILES string of the molecule is CC(=O)CNCCSC1CC(=O)N(C(C)C(C)(C)CC(=O)ON2C(=O)CCC2=O)C1=O. The fourth-order valence-corrected chi connectivity index (χ4v) is 4.42. The van der Waals surface area contributed by atoms with E-state index in [-0.39, 0.29) is 49.8 Å². The molecule has 0 radical (unpaired) electrons. The van der Waals surface area contributed by atoms with E-state index in [0.29, 0.717) is 17.4 Å². The van der Waals surface area contributed by atoms with Crippen molar-refractivity contribution in [1.82, 2.24) is 15.3 Å². The summed E-state index contributed by atoms with van der Waals surface area (Å²) in [4.78, 5) is 78.0. The molecule has 2 fully saturated rings. The van der Waals surface area contributed by atoms with Gasteiger partial charge in [-0.2, -0.15) is 0 Å². The predicted octanol–water partition coefficient (Wildman–Crippen LogP) is 0.438. The van der Waals surface area contributed by atoms with Crippen molar-refractivity contribution >= 4 is 47.1 Å². The van der Waals surface area contributed by atoms with Crippen LogP contribution in [0.3, 0.4) is 0 Å². The Labute approximate surface area is 185 Å². The first-order valence-corrected chi connectivity index (χ1v) is 11.2. The molecular weight excluding hydrogens is 426 g/mol. The molecule has 0 aromatic carbocycles. The molecule has 0 spiro atoms. The van der Waals surface area contributed by atoms with Gasteiger partial charge in [-0.25, -0.2) is 4.79 Å². The maximum absolute atomic E-state index is 12.8. The summed E-state index contributed by atoms with van der Waals surface area (Å²) in [5.74, 6) is -1.91. The van der Waals surface area contributed by atoms with Crippen LogP contribution in [0.15, 0.2) is 0 Å². The molecule has 2 atom stereocenters. The maximum atomic E-state index is 12.8. The Morgan fingerprint density at radius 1 is 1.16 bits per heavy atom. The van der Waals surface area contributed by atoms with Crippen molar-refractivity contribution in [1.29, 1.82) is 0 Å². The minimum Gasteiger partial charge on any atom is -0.330 e. The molecule has 0 aromatic heterocycles. The van der Waals surface area contributed by atoms with Crippen LogP contribution < -0.4 is 5.32 Å². The van der Waals surface area contributed by atoms with Crippen LogP contribution >= 0.6 is 11.8 Å². The molecule has 2 aliphatic rings. The van der Waals surface area contributed by atoms with Crippen LogP contribution in [-0.2, 0) is 33.6 Å². The Morgan fingerprint density at radius 2 is 1.77 bits per heavy atom. The van der Waals surface area contributed by atoms with Gasteiger partial charge in [0.15, 0.2) is 0 Å². The summed E-state index contributed by atoms with van der Waals surface area (Å²) in [6, 6.07) is -0.591. The Morgan fingerprint density at radius 3 is 2.35 bits per heavy atom.